The minimum atomic E-state index is -0.989. The van der Waals surface area contributed by atoms with E-state index in [4.69, 9.17) is 14.6 Å². The normalized spacial score (nSPS) is 12.2. The first-order valence-corrected chi connectivity index (χ1v) is 9.89. The Bertz CT molecular complexity index is 867. The topological polar surface area (TPSA) is 55.8 Å². The fourth-order valence-corrected chi connectivity index (χ4v) is 2.92. The van der Waals surface area contributed by atoms with Crippen LogP contribution in [0.15, 0.2) is 48.5 Å². The second kappa shape index (κ2) is 9.17. The largest absolute Gasteiger partial charge is 0.490 e. The summed E-state index contributed by atoms with van der Waals surface area (Å²) in [4.78, 5) is 10.8. The number of para-hydroxylation sites is 1. The Morgan fingerprint density at radius 1 is 0.897 bits per heavy atom. The van der Waals surface area contributed by atoms with Crippen molar-refractivity contribution in [1.82, 2.24) is 0 Å². The molecule has 0 aliphatic rings. The molecule has 0 atom stereocenters. The van der Waals surface area contributed by atoms with E-state index >= 15 is 0 Å². The van der Waals surface area contributed by atoms with Gasteiger partial charge in [0.15, 0.2) is 0 Å². The van der Waals surface area contributed by atoms with Gasteiger partial charge >= 0.3 is 5.97 Å². The lowest BCUT2D eigenvalue weighted by Gasteiger charge is -2.27. The molecule has 1 N–H and O–H groups in total. The first-order chi connectivity index (χ1) is 13.5. The summed E-state index contributed by atoms with van der Waals surface area (Å²) in [5, 5.41) is 8.82. The van der Waals surface area contributed by atoms with Gasteiger partial charge in [0, 0.05) is 11.6 Å². The lowest BCUT2D eigenvalue weighted by molar-refractivity contribution is -0.131. The van der Waals surface area contributed by atoms with Crippen molar-refractivity contribution in [3.63, 3.8) is 0 Å². The van der Waals surface area contributed by atoms with Crippen molar-refractivity contribution in [3.05, 3.63) is 65.2 Å². The number of benzene rings is 2. The highest BCUT2D eigenvalue weighted by Gasteiger charge is 2.23. The second-order valence-electron chi connectivity index (χ2n) is 9.12. The standard InChI is InChI=1S/C25H32O4/c1-24(2,3)19-12-13-22(20(17-19)25(4,5)6)29-16-15-28-21-10-8-7-9-18(21)11-14-23(26)27/h7-14,17H,15-16H2,1-6H3,(H,26,27). The predicted molar refractivity (Wildman–Crippen MR) is 118 cm³/mol. The summed E-state index contributed by atoms with van der Waals surface area (Å²) in [6.45, 7) is 13.9. The number of hydrogen-bond acceptors (Lipinski definition) is 3. The van der Waals surface area contributed by atoms with E-state index in [9.17, 15) is 4.79 Å². The van der Waals surface area contributed by atoms with Crippen LogP contribution in [0.5, 0.6) is 11.5 Å². The monoisotopic (exact) mass is 396 g/mol. The van der Waals surface area contributed by atoms with Crippen molar-refractivity contribution in [2.45, 2.75) is 52.4 Å². The van der Waals surface area contributed by atoms with E-state index in [-0.39, 0.29) is 10.8 Å². The van der Waals surface area contributed by atoms with Gasteiger partial charge in [-0.2, -0.15) is 0 Å². The van der Waals surface area contributed by atoms with E-state index in [1.165, 1.54) is 17.2 Å². The van der Waals surface area contributed by atoms with Crippen molar-refractivity contribution in [2.24, 2.45) is 0 Å². The zero-order chi connectivity index (χ0) is 21.7. The molecule has 0 radical (unpaired) electrons. The highest BCUT2D eigenvalue weighted by atomic mass is 16.5. The molecule has 0 bridgehead atoms. The molecule has 0 aliphatic carbocycles. The molecule has 0 spiro atoms. The third-order valence-corrected chi connectivity index (χ3v) is 4.58. The van der Waals surface area contributed by atoms with E-state index in [0.29, 0.717) is 19.0 Å². The van der Waals surface area contributed by atoms with Crippen LogP contribution in [0.3, 0.4) is 0 Å². The first-order valence-electron chi connectivity index (χ1n) is 9.89. The molecule has 4 nitrogen and oxygen atoms in total. The molecule has 29 heavy (non-hydrogen) atoms. The van der Waals surface area contributed by atoms with Crippen LogP contribution in [0.4, 0.5) is 0 Å². The highest BCUT2D eigenvalue weighted by molar-refractivity contribution is 5.85. The fraction of sp³-hybridized carbons (Fsp3) is 0.400. The van der Waals surface area contributed by atoms with Crippen LogP contribution in [0, 0.1) is 0 Å². The molecule has 2 aromatic rings. The summed E-state index contributed by atoms with van der Waals surface area (Å²) in [7, 11) is 0. The Hall–Kier alpha value is -2.75. The Kier molecular flexibility index (Phi) is 7.12. The maximum atomic E-state index is 10.8. The summed E-state index contributed by atoms with van der Waals surface area (Å²) >= 11 is 0. The van der Waals surface area contributed by atoms with E-state index in [1.54, 1.807) is 0 Å². The van der Waals surface area contributed by atoms with E-state index < -0.39 is 5.97 Å². The van der Waals surface area contributed by atoms with Gasteiger partial charge in [0.25, 0.3) is 0 Å². The maximum absolute atomic E-state index is 10.8. The molecule has 0 heterocycles. The van der Waals surface area contributed by atoms with Gasteiger partial charge < -0.3 is 14.6 Å². The number of carboxylic acid groups (broad SMARTS) is 1. The lowest BCUT2D eigenvalue weighted by Crippen LogP contribution is -2.19. The second-order valence-corrected chi connectivity index (χ2v) is 9.12. The molecule has 2 aromatic carbocycles. The fourth-order valence-electron chi connectivity index (χ4n) is 2.92. The maximum Gasteiger partial charge on any atom is 0.328 e. The molecular formula is C25H32O4. The highest BCUT2D eigenvalue weighted by Crippen LogP contribution is 2.35. The van der Waals surface area contributed by atoms with Crippen molar-refractivity contribution >= 4 is 12.0 Å². The van der Waals surface area contributed by atoms with Gasteiger partial charge in [0.1, 0.15) is 24.7 Å². The predicted octanol–water partition coefficient (Wildman–Crippen LogP) is 5.84. The van der Waals surface area contributed by atoms with E-state index in [2.05, 4.69) is 53.7 Å². The molecule has 0 aromatic heterocycles. The van der Waals surface area contributed by atoms with Crippen LogP contribution in [-0.2, 0) is 15.6 Å². The van der Waals surface area contributed by atoms with Crippen LogP contribution in [0.1, 0.15) is 58.2 Å². The molecule has 156 valence electrons. The summed E-state index contributed by atoms with van der Waals surface area (Å²) in [6, 6.07) is 13.7. The Morgan fingerprint density at radius 3 is 2.10 bits per heavy atom. The van der Waals surface area contributed by atoms with Crippen molar-refractivity contribution in [2.75, 3.05) is 13.2 Å². The summed E-state index contributed by atoms with van der Waals surface area (Å²) in [6.07, 6.45) is 2.63. The number of carboxylic acids is 1. The zero-order valence-corrected chi connectivity index (χ0v) is 18.3. The van der Waals surface area contributed by atoms with Gasteiger partial charge in [0.05, 0.1) is 0 Å². The van der Waals surface area contributed by atoms with Gasteiger partial charge in [-0.3, -0.25) is 0 Å². The summed E-state index contributed by atoms with van der Waals surface area (Å²) in [5.41, 5.74) is 3.22. The molecule has 0 unspecified atom stereocenters. The van der Waals surface area contributed by atoms with Crippen molar-refractivity contribution in [1.29, 1.82) is 0 Å². The van der Waals surface area contributed by atoms with E-state index in [0.717, 1.165) is 17.4 Å². The molecule has 0 fully saturated rings. The molecule has 0 saturated carbocycles. The SMILES string of the molecule is CC(C)(C)c1ccc(OCCOc2ccccc2C=CC(=O)O)c(C(C)(C)C)c1. The van der Waals surface area contributed by atoms with Crippen molar-refractivity contribution in [3.8, 4) is 11.5 Å². The van der Waals surface area contributed by atoms with Gasteiger partial charge in [-0.25, -0.2) is 4.79 Å². The van der Waals surface area contributed by atoms with Crippen LogP contribution < -0.4 is 9.47 Å². The van der Waals surface area contributed by atoms with Crippen LogP contribution in [0.2, 0.25) is 0 Å². The van der Waals surface area contributed by atoms with Gasteiger partial charge in [0.2, 0.25) is 0 Å². The van der Waals surface area contributed by atoms with E-state index in [1.807, 2.05) is 30.3 Å². The molecule has 0 saturated heterocycles. The average molecular weight is 397 g/mol. The number of carbonyl (C=O) groups is 1. The molecular weight excluding hydrogens is 364 g/mol. The summed E-state index contributed by atoms with van der Waals surface area (Å²) < 4.78 is 11.9. The Morgan fingerprint density at radius 2 is 1.52 bits per heavy atom. The van der Waals surface area contributed by atoms with Gasteiger partial charge in [-0.1, -0.05) is 71.9 Å². The smallest absolute Gasteiger partial charge is 0.328 e. The molecule has 2 rings (SSSR count). The minimum Gasteiger partial charge on any atom is -0.490 e. The number of rotatable bonds is 7. The zero-order valence-electron chi connectivity index (χ0n) is 18.3. The summed E-state index contributed by atoms with van der Waals surface area (Å²) in [5.74, 6) is 0.512. The molecule has 0 amide bonds. The Balaban J connectivity index is 2.07. The third-order valence-electron chi connectivity index (χ3n) is 4.58. The first kappa shape index (κ1) is 22.5. The lowest BCUT2D eigenvalue weighted by atomic mass is 9.80. The van der Waals surface area contributed by atoms with Crippen LogP contribution >= 0.6 is 0 Å². The van der Waals surface area contributed by atoms with Crippen LogP contribution in [-0.4, -0.2) is 24.3 Å². The number of ether oxygens (including phenoxy) is 2. The Labute approximate surface area is 174 Å². The third kappa shape index (κ3) is 6.67. The minimum absolute atomic E-state index is 0.0360. The van der Waals surface area contributed by atoms with Gasteiger partial charge in [-0.05, 0) is 40.2 Å². The quantitative estimate of drug-likeness (QED) is 0.472. The number of hydrogen-bond donors (Lipinski definition) is 1. The molecule has 0 aliphatic heterocycles. The number of aliphatic carboxylic acids is 1. The molecule has 4 heteroatoms. The van der Waals surface area contributed by atoms with Gasteiger partial charge in [-0.15, -0.1) is 0 Å². The van der Waals surface area contributed by atoms with Crippen LogP contribution in [0.25, 0.3) is 6.08 Å². The average Bonchev–Trinajstić information content (AvgIpc) is 2.62. The van der Waals surface area contributed by atoms with Crippen molar-refractivity contribution < 1.29 is 19.4 Å².